The lowest BCUT2D eigenvalue weighted by Gasteiger charge is -1.97. The number of pyridine rings is 1. The van der Waals surface area contributed by atoms with Crippen LogP contribution in [0.25, 0.3) is 6.08 Å². The van der Waals surface area contributed by atoms with Crippen LogP contribution in [-0.4, -0.2) is 18.1 Å². The van der Waals surface area contributed by atoms with E-state index in [2.05, 4.69) is 9.72 Å². The Labute approximate surface area is 91.5 Å². The molecule has 0 N–H and O–H groups in total. The van der Waals surface area contributed by atoms with E-state index < -0.39 is 5.82 Å². The number of methoxy groups -OCH3 is 1. The number of ether oxygens (including phenoxy) is 1. The van der Waals surface area contributed by atoms with Gasteiger partial charge in [-0.2, -0.15) is 0 Å². The Bertz CT molecular complexity index is 393. The molecule has 3 nitrogen and oxygen atoms in total. The molecule has 0 aliphatic rings. The van der Waals surface area contributed by atoms with Crippen LogP contribution < -0.4 is 0 Å². The highest BCUT2D eigenvalue weighted by Crippen LogP contribution is 2.16. The van der Waals surface area contributed by atoms with Crippen LogP contribution in [0.5, 0.6) is 0 Å². The maximum absolute atomic E-state index is 13.2. The van der Waals surface area contributed by atoms with E-state index in [1.54, 1.807) is 0 Å². The maximum atomic E-state index is 13.2. The van der Waals surface area contributed by atoms with Crippen LogP contribution in [0.3, 0.4) is 0 Å². The summed E-state index contributed by atoms with van der Waals surface area (Å²) in [5.41, 5.74) is 0.291. The normalized spacial score (nSPS) is 10.6. The zero-order chi connectivity index (χ0) is 11.3. The van der Waals surface area contributed by atoms with Gasteiger partial charge in [0.05, 0.1) is 13.5 Å². The maximum Gasteiger partial charge on any atom is 0.309 e. The molecule has 0 radical (unpaired) electrons. The Hall–Kier alpha value is -1.42. The summed E-state index contributed by atoms with van der Waals surface area (Å²) in [4.78, 5) is 14.3. The van der Waals surface area contributed by atoms with Crippen LogP contribution in [0.2, 0.25) is 5.15 Å². The first-order chi connectivity index (χ1) is 7.15. The third kappa shape index (κ3) is 3.32. The monoisotopic (exact) mass is 229 g/mol. The number of carbonyl (C=O) groups is 1. The number of carbonyl (C=O) groups excluding carboxylic acids is 1. The van der Waals surface area contributed by atoms with Crippen molar-refractivity contribution in [3.05, 3.63) is 34.9 Å². The molecule has 0 saturated carbocycles. The number of hydrogen-bond acceptors (Lipinski definition) is 3. The SMILES string of the molecule is COC(=O)CC=Cc1ccnc(Cl)c1F. The van der Waals surface area contributed by atoms with Crippen LogP contribution >= 0.6 is 11.6 Å². The topological polar surface area (TPSA) is 39.2 Å². The molecular formula is C10H9ClFNO2. The lowest BCUT2D eigenvalue weighted by Crippen LogP contribution is -1.96. The van der Waals surface area contributed by atoms with Gasteiger partial charge in [-0.1, -0.05) is 23.8 Å². The van der Waals surface area contributed by atoms with E-state index in [9.17, 15) is 9.18 Å². The van der Waals surface area contributed by atoms with Gasteiger partial charge in [0.1, 0.15) is 0 Å². The van der Waals surface area contributed by atoms with Crippen LogP contribution in [-0.2, 0) is 9.53 Å². The van der Waals surface area contributed by atoms with E-state index in [0.717, 1.165) is 0 Å². The highest BCUT2D eigenvalue weighted by atomic mass is 35.5. The van der Waals surface area contributed by atoms with Crippen molar-refractivity contribution >= 4 is 23.6 Å². The molecule has 15 heavy (non-hydrogen) atoms. The predicted octanol–water partition coefficient (Wildman–Crippen LogP) is 2.45. The fourth-order valence-electron chi connectivity index (χ4n) is 0.926. The number of aromatic nitrogens is 1. The number of esters is 1. The van der Waals surface area contributed by atoms with Gasteiger partial charge in [-0.25, -0.2) is 9.37 Å². The second kappa shape index (κ2) is 5.46. The molecule has 0 saturated heterocycles. The second-order valence-electron chi connectivity index (χ2n) is 2.69. The first-order valence-electron chi connectivity index (χ1n) is 4.18. The second-order valence-corrected chi connectivity index (χ2v) is 3.05. The summed E-state index contributed by atoms with van der Waals surface area (Å²) in [5, 5.41) is -0.185. The summed E-state index contributed by atoms with van der Waals surface area (Å²) in [6.45, 7) is 0. The Morgan fingerprint density at radius 2 is 2.47 bits per heavy atom. The number of rotatable bonds is 3. The first kappa shape index (κ1) is 11.7. The third-order valence-electron chi connectivity index (χ3n) is 1.69. The average molecular weight is 230 g/mol. The molecule has 0 unspecified atom stereocenters. The first-order valence-corrected chi connectivity index (χ1v) is 4.56. The minimum Gasteiger partial charge on any atom is -0.469 e. The molecule has 5 heteroatoms. The predicted molar refractivity (Wildman–Crippen MR) is 54.9 cm³/mol. The van der Waals surface area contributed by atoms with Gasteiger partial charge in [0.15, 0.2) is 11.0 Å². The van der Waals surface area contributed by atoms with Gasteiger partial charge >= 0.3 is 5.97 Å². The van der Waals surface area contributed by atoms with E-state index >= 15 is 0 Å². The summed E-state index contributed by atoms with van der Waals surface area (Å²) in [7, 11) is 1.29. The molecule has 0 fully saturated rings. The van der Waals surface area contributed by atoms with E-state index in [-0.39, 0.29) is 17.5 Å². The van der Waals surface area contributed by atoms with Gasteiger partial charge in [0.2, 0.25) is 0 Å². The summed E-state index contributed by atoms with van der Waals surface area (Å²) >= 11 is 5.47. The molecule has 1 rings (SSSR count). The van der Waals surface area contributed by atoms with Crippen LogP contribution in [0.15, 0.2) is 18.3 Å². The molecule has 80 valence electrons. The molecule has 0 bridgehead atoms. The molecule has 0 aliphatic heterocycles. The van der Waals surface area contributed by atoms with Gasteiger partial charge in [0.25, 0.3) is 0 Å². The third-order valence-corrected chi connectivity index (χ3v) is 1.95. The van der Waals surface area contributed by atoms with Gasteiger partial charge < -0.3 is 4.74 Å². The van der Waals surface area contributed by atoms with Crippen molar-refractivity contribution in [1.29, 1.82) is 0 Å². The van der Waals surface area contributed by atoms with Crippen molar-refractivity contribution in [3.8, 4) is 0 Å². The van der Waals surface area contributed by atoms with Crippen LogP contribution in [0.4, 0.5) is 4.39 Å². The molecule has 0 spiro atoms. The average Bonchev–Trinajstić information content (AvgIpc) is 2.24. The molecule has 0 aromatic carbocycles. The van der Waals surface area contributed by atoms with Gasteiger partial charge in [-0.15, -0.1) is 0 Å². The zero-order valence-electron chi connectivity index (χ0n) is 8.04. The van der Waals surface area contributed by atoms with Gasteiger partial charge in [-0.05, 0) is 6.07 Å². The van der Waals surface area contributed by atoms with Crippen molar-refractivity contribution in [1.82, 2.24) is 4.98 Å². The minimum absolute atomic E-state index is 0.0931. The van der Waals surface area contributed by atoms with Crippen LogP contribution in [0, 0.1) is 5.82 Å². The highest BCUT2D eigenvalue weighted by molar-refractivity contribution is 6.29. The Morgan fingerprint density at radius 3 is 3.13 bits per heavy atom. The van der Waals surface area contributed by atoms with E-state index in [1.807, 2.05) is 0 Å². The fraction of sp³-hybridized carbons (Fsp3) is 0.200. The molecular weight excluding hydrogens is 221 g/mol. The highest BCUT2D eigenvalue weighted by Gasteiger charge is 2.04. The Morgan fingerprint density at radius 1 is 1.73 bits per heavy atom. The Kier molecular flexibility index (Phi) is 4.24. The number of hydrogen-bond donors (Lipinski definition) is 0. The molecule has 0 atom stereocenters. The number of nitrogens with zero attached hydrogens (tertiary/aromatic N) is 1. The van der Waals surface area contributed by atoms with Crippen LogP contribution in [0.1, 0.15) is 12.0 Å². The minimum atomic E-state index is -0.597. The Balaban J connectivity index is 2.72. The van der Waals surface area contributed by atoms with Gasteiger partial charge in [0, 0.05) is 11.8 Å². The van der Waals surface area contributed by atoms with Gasteiger partial charge in [-0.3, -0.25) is 4.79 Å². The zero-order valence-corrected chi connectivity index (χ0v) is 8.79. The summed E-state index contributed by atoms with van der Waals surface area (Å²) in [6.07, 6.45) is 4.44. The van der Waals surface area contributed by atoms with E-state index in [4.69, 9.17) is 11.6 Å². The summed E-state index contributed by atoms with van der Waals surface area (Å²) in [6, 6.07) is 1.47. The smallest absolute Gasteiger partial charge is 0.309 e. The largest absolute Gasteiger partial charge is 0.469 e. The molecule has 1 aromatic rings. The van der Waals surface area contributed by atoms with Crippen molar-refractivity contribution in [2.45, 2.75) is 6.42 Å². The molecule has 1 aromatic heterocycles. The van der Waals surface area contributed by atoms with E-state index in [0.29, 0.717) is 5.56 Å². The number of halogens is 2. The molecule has 0 amide bonds. The quantitative estimate of drug-likeness (QED) is 0.590. The lowest BCUT2D eigenvalue weighted by atomic mass is 10.2. The summed E-state index contributed by atoms with van der Waals surface area (Å²) in [5.74, 6) is -0.980. The van der Waals surface area contributed by atoms with Crippen molar-refractivity contribution in [2.24, 2.45) is 0 Å². The van der Waals surface area contributed by atoms with Crippen molar-refractivity contribution in [2.75, 3.05) is 7.11 Å². The van der Waals surface area contributed by atoms with Crippen molar-refractivity contribution in [3.63, 3.8) is 0 Å². The standard InChI is InChI=1S/C10H9ClFNO2/c1-15-8(14)4-2-3-7-5-6-13-10(11)9(7)12/h2-3,5-6H,4H2,1H3. The summed E-state index contributed by atoms with van der Waals surface area (Å²) < 4.78 is 17.7. The molecule has 0 aliphatic carbocycles. The van der Waals surface area contributed by atoms with Crippen molar-refractivity contribution < 1.29 is 13.9 Å². The lowest BCUT2D eigenvalue weighted by molar-refractivity contribution is -0.139. The van der Waals surface area contributed by atoms with E-state index in [1.165, 1.54) is 31.5 Å². The fourth-order valence-corrected chi connectivity index (χ4v) is 1.09. The molecule has 1 heterocycles.